The van der Waals surface area contributed by atoms with Crippen LogP contribution in [0.25, 0.3) is 0 Å². The summed E-state index contributed by atoms with van der Waals surface area (Å²) in [7, 11) is 0. The number of rotatable bonds is 2. The van der Waals surface area contributed by atoms with Crippen LogP contribution in [0.1, 0.15) is 36.0 Å². The predicted octanol–water partition coefficient (Wildman–Crippen LogP) is 2.53. The molecule has 0 amide bonds. The number of carboxylic acids is 1. The van der Waals surface area contributed by atoms with E-state index in [1.54, 1.807) is 12.1 Å². The van der Waals surface area contributed by atoms with Gasteiger partial charge in [-0.05, 0) is 49.9 Å². The largest absolute Gasteiger partial charge is 0.478 e. The van der Waals surface area contributed by atoms with E-state index in [4.69, 9.17) is 9.84 Å². The van der Waals surface area contributed by atoms with E-state index in [1.807, 2.05) is 12.1 Å². The molecule has 0 radical (unpaired) electrons. The lowest BCUT2D eigenvalue weighted by atomic mass is 9.88. The highest BCUT2D eigenvalue weighted by Crippen LogP contribution is 2.36. The Balaban J connectivity index is 1.66. The van der Waals surface area contributed by atoms with Crippen molar-refractivity contribution in [2.24, 2.45) is 0 Å². The van der Waals surface area contributed by atoms with Crippen molar-refractivity contribution >= 4 is 11.7 Å². The maximum Gasteiger partial charge on any atom is 0.335 e. The summed E-state index contributed by atoms with van der Waals surface area (Å²) in [5, 5.41) is 8.90. The summed E-state index contributed by atoms with van der Waals surface area (Å²) in [4.78, 5) is 13.1. The van der Waals surface area contributed by atoms with Gasteiger partial charge in [-0.3, -0.25) is 0 Å². The standard InChI is InChI=1S/C15H19NO3/c17-14(18)12-2-4-13(5-3-12)16-9-7-15(8-10-16)6-1-11-19-15/h2-5H,1,6-11H2,(H,17,18). The maximum atomic E-state index is 10.8. The molecule has 2 saturated heterocycles. The van der Waals surface area contributed by atoms with Gasteiger partial charge >= 0.3 is 5.97 Å². The van der Waals surface area contributed by atoms with E-state index in [2.05, 4.69) is 4.90 Å². The Bertz CT molecular complexity index is 453. The summed E-state index contributed by atoms with van der Waals surface area (Å²) in [6, 6.07) is 7.15. The number of anilines is 1. The molecule has 0 bridgehead atoms. The zero-order valence-electron chi connectivity index (χ0n) is 11.0. The molecule has 0 aliphatic carbocycles. The minimum absolute atomic E-state index is 0.136. The van der Waals surface area contributed by atoms with Gasteiger partial charge in [0, 0.05) is 25.4 Å². The van der Waals surface area contributed by atoms with Crippen LogP contribution >= 0.6 is 0 Å². The molecule has 2 heterocycles. The monoisotopic (exact) mass is 261 g/mol. The molecule has 2 fully saturated rings. The zero-order valence-corrected chi connectivity index (χ0v) is 11.0. The molecular weight excluding hydrogens is 242 g/mol. The Morgan fingerprint density at radius 2 is 1.84 bits per heavy atom. The second-order valence-electron chi connectivity index (χ2n) is 5.47. The fraction of sp³-hybridized carbons (Fsp3) is 0.533. The van der Waals surface area contributed by atoms with Crippen molar-refractivity contribution < 1.29 is 14.6 Å². The van der Waals surface area contributed by atoms with Gasteiger partial charge in [-0.1, -0.05) is 0 Å². The van der Waals surface area contributed by atoms with Crippen LogP contribution < -0.4 is 4.90 Å². The second kappa shape index (κ2) is 4.85. The van der Waals surface area contributed by atoms with Crippen molar-refractivity contribution in [2.75, 3.05) is 24.6 Å². The molecule has 0 aromatic heterocycles. The number of carbonyl (C=O) groups is 1. The molecule has 1 aromatic carbocycles. The molecule has 1 N–H and O–H groups in total. The Morgan fingerprint density at radius 3 is 2.37 bits per heavy atom. The fourth-order valence-corrected chi connectivity index (χ4v) is 3.14. The number of carboxylic acid groups (broad SMARTS) is 1. The summed E-state index contributed by atoms with van der Waals surface area (Å²) in [5.74, 6) is -0.872. The van der Waals surface area contributed by atoms with Crippen LogP contribution in [0.15, 0.2) is 24.3 Å². The third-order valence-corrected chi connectivity index (χ3v) is 4.34. The van der Waals surface area contributed by atoms with Crippen molar-refractivity contribution in [1.29, 1.82) is 0 Å². The van der Waals surface area contributed by atoms with Crippen LogP contribution in [-0.4, -0.2) is 36.4 Å². The average Bonchev–Trinajstić information content (AvgIpc) is 2.88. The zero-order chi connectivity index (χ0) is 13.3. The van der Waals surface area contributed by atoms with E-state index in [9.17, 15) is 4.79 Å². The van der Waals surface area contributed by atoms with Crippen molar-refractivity contribution in [2.45, 2.75) is 31.3 Å². The molecule has 102 valence electrons. The minimum Gasteiger partial charge on any atom is -0.478 e. The number of hydrogen-bond acceptors (Lipinski definition) is 3. The van der Waals surface area contributed by atoms with Crippen molar-refractivity contribution in [1.82, 2.24) is 0 Å². The number of nitrogens with zero attached hydrogens (tertiary/aromatic N) is 1. The third-order valence-electron chi connectivity index (χ3n) is 4.34. The van der Waals surface area contributed by atoms with E-state index in [1.165, 1.54) is 12.8 Å². The molecule has 19 heavy (non-hydrogen) atoms. The fourth-order valence-electron chi connectivity index (χ4n) is 3.14. The molecule has 4 heteroatoms. The number of hydrogen-bond donors (Lipinski definition) is 1. The van der Waals surface area contributed by atoms with Crippen LogP contribution in [0.3, 0.4) is 0 Å². The molecule has 4 nitrogen and oxygen atoms in total. The Labute approximate surface area is 113 Å². The molecule has 0 saturated carbocycles. The third kappa shape index (κ3) is 2.45. The van der Waals surface area contributed by atoms with Gasteiger partial charge in [-0.15, -0.1) is 0 Å². The molecule has 1 spiro atoms. The van der Waals surface area contributed by atoms with E-state index < -0.39 is 5.97 Å². The first kappa shape index (κ1) is 12.5. The molecular formula is C15H19NO3. The van der Waals surface area contributed by atoms with Crippen LogP contribution in [0, 0.1) is 0 Å². The Morgan fingerprint density at radius 1 is 1.16 bits per heavy atom. The van der Waals surface area contributed by atoms with Crippen molar-refractivity contribution in [3.8, 4) is 0 Å². The van der Waals surface area contributed by atoms with Crippen LogP contribution in [-0.2, 0) is 4.74 Å². The summed E-state index contributed by atoms with van der Waals surface area (Å²) in [6.45, 7) is 2.89. The first-order chi connectivity index (χ1) is 9.19. The number of ether oxygens (including phenoxy) is 1. The maximum absolute atomic E-state index is 10.8. The van der Waals surface area contributed by atoms with Crippen LogP contribution in [0.5, 0.6) is 0 Å². The summed E-state index contributed by atoms with van der Waals surface area (Å²) in [6.07, 6.45) is 4.54. The number of piperidine rings is 1. The van der Waals surface area contributed by atoms with Crippen molar-refractivity contribution in [3.05, 3.63) is 29.8 Å². The topological polar surface area (TPSA) is 49.8 Å². The van der Waals surface area contributed by atoms with E-state index in [-0.39, 0.29) is 5.60 Å². The van der Waals surface area contributed by atoms with Gasteiger partial charge in [-0.25, -0.2) is 4.79 Å². The lowest BCUT2D eigenvalue weighted by Gasteiger charge is -2.39. The number of aromatic carboxylic acids is 1. The minimum atomic E-state index is -0.872. The van der Waals surface area contributed by atoms with E-state index in [0.29, 0.717) is 5.56 Å². The van der Waals surface area contributed by atoms with E-state index >= 15 is 0 Å². The predicted molar refractivity (Wildman–Crippen MR) is 72.8 cm³/mol. The lowest BCUT2D eigenvalue weighted by molar-refractivity contribution is -0.0146. The highest BCUT2D eigenvalue weighted by Gasteiger charge is 2.38. The molecule has 0 unspecified atom stereocenters. The van der Waals surface area contributed by atoms with Gasteiger partial charge in [0.15, 0.2) is 0 Å². The normalized spacial score (nSPS) is 21.8. The summed E-state index contributed by atoms with van der Waals surface area (Å²) < 4.78 is 5.91. The average molecular weight is 261 g/mol. The highest BCUT2D eigenvalue weighted by molar-refractivity contribution is 5.88. The number of benzene rings is 1. The van der Waals surface area contributed by atoms with Gasteiger partial charge in [0.1, 0.15) is 0 Å². The lowest BCUT2D eigenvalue weighted by Crippen LogP contribution is -2.44. The first-order valence-corrected chi connectivity index (χ1v) is 6.91. The summed E-state index contributed by atoms with van der Waals surface area (Å²) in [5.41, 5.74) is 1.59. The molecule has 0 atom stereocenters. The highest BCUT2D eigenvalue weighted by atomic mass is 16.5. The molecule has 3 rings (SSSR count). The molecule has 1 aromatic rings. The van der Waals surface area contributed by atoms with Gasteiger partial charge < -0.3 is 14.7 Å². The van der Waals surface area contributed by atoms with Gasteiger partial charge in [-0.2, -0.15) is 0 Å². The molecule has 2 aliphatic heterocycles. The molecule has 2 aliphatic rings. The first-order valence-electron chi connectivity index (χ1n) is 6.91. The SMILES string of the molecule is O=C(O)c1ccc(N2CCC3(CCCO3)CC2)cc1. The second-order valence-corrected chi connectivity index (χ2v) is 5.47. The van der Waals surface area contributed by atoms with Crippen molar-refractivity contribution in [3.63, 3.8) is 0 Å². The Hall–Kier alpha value is -1.55. The van der Waals surface area contributed by atoms with Gasteiger partial charge in [0.05, 0.1) is 11.2 Å². The van der Waals surface area contributed by atoms with Crippen LogP contribution in [0.4, 0.5) is 5.69 Å². The quantitative estimate of drug-likeness (QED) is 0.888. The summed E-state index contributed by atoms with van der Waals surface area (Å²) >= 11 is 0. The Kier molecular flexibility index (Phi) is 3.19. The van der Waals surface area contributed by atoms with Crippen LogP contribution in [0.2, 0.25) is 0 Å². The smallest absolute Gasteiger partial charge is 0.335 e. The van der Waals surface area contributed by atoms with E-state index in [0.717, 1.165) is 38.2 Å². The van der Waals surface area contributed by atoms with Gasteiger partial charge in [0.2, 0.25) is 0 Å². The van der Waals surface area contributed by atoms with Gasteiger partial charge in [0.25, 0.3) is 0 Å².